The molecule has 0 nitrogen and oxygen atoms in total. The van der Waals surface area contributed by atoms with Crippen LogP contribution in [0.3, 0.4) is 0 Å². The molecule has 7 heavy (non-hydrogen) atoms. The topological polar surface area (TPSA) is 0 Å². The van der Waals surface area contributed by atoms with Crippen LogP contribution in [0.15, 0.2) is 0 Å². The van der Waals surface area contributed by atoms with Gasteiger partial charge < -0.3 is 1.43 Å². The van der Waals surface area contributed by atoms with Crippen LogP contribution in [0.5, 0.6) is 0 Å². The molecule has 0 aromatic rings. The summed E-state index contributed by atoms with van der Waals surface area (Å²) in [6, 6.07) is 0. The second-order valence-electron chi connectivity index (χ2n) is 0.429. The van der Waals surface area contributed by atoms with Crippen molar-refractivity contribution in [3.05, 3.63) is 0 Å². The van der Waals surface area contributed by atoms with E-state index in [9.17, 15) is 0 Å². The van der Waals surface area contributed by atoms with Crippen molar-refractivity contribution in [3.63, 3.8) is 0 Å². The van der Waals surface area contributed by atoms with Crippen LogP contribution in [0.1, 0.15) is 1.43 Å². The van der Waals surface area contributed by atoms with Crippen molar-refractivity contribution in [1.29, 1.82) is 0 Å². The van der Waals surface area contributed by atoms with Crippen LogP contribution < -0.4 is 18.9 Å². The molecule has 0 amide bonds. The van der Waals surface area contributed by atoms with E-state index in [0.717, 1.165) is 0 Å². The molecule has 0 bridgehead atoms. The van der Waals surface area contributed by atoms with Crippen molar-refractivity contribution in [2.75, 3.05) is 0 Å². The van der Waals surface area contributed by atoms with Crippen molar-refractivity contribution in [2.24, 2.45) is 0 Å². The Hall–Kier alpha value is 3.00. The first kappa shape index (κ1) is 16.5. The minimum absolute atomic E-state index is 0. The van der Waals surface area contributed by atoms with Gasteiger partial charge in [-0.15, -0.1) is 0 Å². The first-order valence-corrected chi connectivity index (χ1v) is 9.35. The van der Waals surface area contributed by atoms with E-state index in [-0.39, 0.29) is 37.6 Å². The van der Waals surface area contributed by atoms with Gasteiger partial charge in [0, 0.05) is 0 Å². The van der Waals surface area contributed by atoms with E-state index in [1.807, 2.05) is 0 Å². The zero-order valence-corrected chi connectivity index (χ0v) is 7.60. The summed E-state index contributed by atoms with van der Waals surface area (Å²) < 4.78 is 0. The van der Waals surface area contributed by atoms with Gasteiger partial charge >= 0.3 is 68.4 Å². The van der Waals surface area contributed by atoms with E-state index in [4.69, 9.17) is 37.2 Å². The molecule has 0 atom stereocenters. The number of halogens is 4. The maximum atomic E-state index is 5.01. The molecule has 0 radical (unpaired) electrons. The molecule has 0 heterocycles. The molecule has 0 aliphatic heterocycles. The van der Waals surface area contributed by atoms with Gasteiger partial charge in [0.2, 0.25) is 0 Å². The normalized spacial score (nSPS) is 8.57. The van der Waals surface area contributed by atoms with Crippen LogP contribution in [-0.4, -0.2) is 17.4 Å². The van der Waals surface area contributed by atoms with Gasteiger partial charge in [-0.2, -0.15) is 0 Å². The van der Waals surface area contributed by atoms with Gasteiger partial charge in [-0.3, -0.25) is 0 Å². The summed E-state index contributed by atoms with van der Waals surface area (Å²) in [5, 5.41) is 0. The summed E-state index contributed by atoms with van der Waals surface area (Å²) in [4.78, 5) is 0. The van der Waals surface area contributed by atoms with Crippen molar-refractivity contribution >= 4 is 54.6 Å². The van der Waals surface area contributed by atoms with Crippen LogP contribution in [0.25, 0.3) is 0 Å². The van der Waals surface area contributed by atoms with E-state index in [1.54, 1.807) is 0 Å². The fourth-order valence-corrected chi connectivity index (χ4v) is 0. The van der Waals surface area contributed by atoms with E-state index in [1.165, 1.54) is 0 Å². The molecular formula is H4AlCl4LiTi. The molecule has 0 fully saturated rings. The first-order valence-electron chi connectivity index (χ1n) is 0.756. The third-order valence-electron chi connectivity index (χ3n) is 0. The van der Waals surface area contributed by atoms with Gasteiger partial charge in [-0.05, 0) is 0 Å². The Morgan fingerprint density at radius 3 is 1.00 bits per heavy atom. The molecule has 0 spiro atoms. The second-order valence-corrected chi connectivity index (χ2v) is 15.9. The van der Waals surface area contributed by atoms with Crippen LogP contribution >= 0.6 is 37.2 Å². The smallest absolute Gasteiger partial charge is 1.00 e. The maximum absolute atomic E-state index is 5.01. The summed E-state index contributed by atoms with van der Waals surface area (Å²) in [6.45, 7) is 0. The van der Waals surface area contributed by atoms with Crippen molar-refractivity contribution in [1.82, 2.24) is 0 Å². The number of hydrogen-bond acceptors (Lipinski definition) is 0. The summed E-state index contributed by atoms with van der Waals surface area (Å²) in [7, 11) is 20.1. The number of hydrogen-bond donors (Lipinski definition) is 0. The Morgan fingerprint density at radius 2 is 1.00 bits per heavy atom. The molecule has 0 aromatic carbocycles. The average molecular weight is 228 g/mol. The monoisotopic (exact) mass is 226 g/mol. The molecule has 0 aromatic heterocycles. The second kappa shape index (κ2) is 7.12. The van der Waals surface area contributed by atoms with Crippen molar-refractivity contribution < 1.29 is 32.6 Å². The van der Waals surface area contributed by atoms with Crippen LogP contribution in [0.2, 0.25) is 0 Å². The van der Waals surface area contributed by atoms with Crippen LogP contribution in [-0.2, 0) is 12.3 Å². The third kappa shape index (κ3) is 48.9. The predicted molar refractivity (Wildman–Crippen MR) is 34.5 cm³/mol. The SMILES string of the molecule is [AlH3].[Cl][Ti]([Cl])([Cl])[Cl].[H-].[Li+]. The summed E-state index contributed by atoms with van der Waals surface area (Å²) in [5.74, 6) is 0. The van der Waals surface area contributed by atoms with Crippen LogP contribution in [0.4, 0.5) is 0 Å². The average Bonchev–Trinajstić information content (AvgIpc) is 0.722. The zero-order chi connectivity index (χ0) is 4.50. The standard InChI is InChI=1S/Al.4ClH.Li.Ti.4H/h;4*1H;;;;;;/q;;;;;+1;+4;;;;-1/p-4. The Bertz CT molecular complexity index is 31.5. The molecule has 0 rings (SSSR count). The Balaban J connectivity index is -0.0000000267. The maximum Gasteiger partial charge on any atom is 1.00 e. The van der Waals surface area contributed by atoms with Gasteiger partial charge in [0.15, 0.2) is 17.4 Å². The molecule has 0 N–H and O–H groups in total. The molecular weight excluding hydrogens is 224 g/mol. The van der Waals surface area contributed by atoms with Gasteiger partial charge in [-0.25, -0.2) is 0 Å². The van der Waals surface area contributed by atoms with E-state index >= 15 is 0 Å². The molecule has 0 saturated heterocycles. The molecule has 0 saturated carbocycles. The van der Waals surface area contributed by atoms with Gasteiger partial charge in [0.1, 0.15) is 0 Å². The largest absolute Gasteiger partial charge is 1.00 e. The summed E-state index contributed by atoms with van der Waals surface area (Å²) >= 11 is -3.11. The zero-order valence-electron chi connectivity index (χ0n) is 4.01. The Morgan fingerprint density at radius 1 is 1.00 bits per heavy atom. The Kier molecular flexibility index (Phi) is 16.8. The molecule has 40 valence electrons. The van der Waals surface area contributed by atoms with Gasteiger partial charge in [0.05, 0.1) is 0 Å². The van der Waals surface area contributed by atoms with E-state index in [2.05, 4.69) is 0 Å². The fraction of sp³-hybridized carbons (Fsp3) is 0. The minimum atomic E-state index is -3.11. The van der Waals surface area contributed by atoms with Crippen molar-refractivity contribution in [3.8, 4) is 0 Å². The fourth-order valence-electron chi connectivity index (χ4n) is 0. The van der Waals surface area contributed by atoms with E-state index in [0.29, 0.717) is 0 Å². The summed E-state index contributed by atoms with van der Waals surface area (Å²) in [5.41, 5.74) is 0. The van der Waals surface area contributed by atoms with Crippen molar-refractivity contribution in [2.45, 2.75) is 0 Å². The van der Waals surface area contributed by atoms with Gasteiger partial charge in [0.25, 0.3) is 0 Å². The molecule has 0 aliphatic rings. The first-order chi connectivity index (χ1) is 2.00. The van der Waals surface area contributed by atoms with Crippen LogP contribution in [0, 0.1) is 0 Å². The molecule has 7 heteroatoms. The van der Waals surface area contributed by atoms with E-state index < -0.39 is 12.3 Å². The molecule has 0 aliphatic carbocycles. The predicted octanol–water partition coefficient (Wildman–Crippen LogP) is -1.31. The third-order valence-corrected chi connectivity index (χ3v) is 0. The van der Waals surface area contributed by atoms with Gasteiger partial charge in [-0.1, -0.05) is 0 Å². The Labute approximate surface area is 85.9 Å². The quantitative estimate of drug-likeness (QED) is 0.451. The minimum Gasteiger partial charge on any atom is -1.00 e. The summed E-state index contributed by atoms with van der Waals surface area (Å²) in [6.07, 6.45) is 0. The number of rotatable bonds is 0. The molecule has 0 unspecified atom stereocenters.